The summed E-state index contributed by atoms with van der Waals surface area (Å²) in [6.45, 7) is 4.18. The molecule has 82 valence electrons. The summed E-state index contributed by atoms with van der Waals surface area (Å²) in [5, 5.41) is 7.40. The SMILES string of the molecule is Cc1ccnc(Cl)c1NC1CCCNC1. The average Bonchev–Trinajstić information content (AvgIpc) is 2.25. The zero-order valence-corrected chi connectivity index (χ0v) is 9.64. The molecule has 0 aromatic carbocycles. The van der Waals surface area contributed by atoms with Crippen LogP contribution in [0.3, 0.4) is 0 Å². The zero-order valence-electron chi connectivity index (χ0n) is 8.89. The number of nitrogens with zero attached hydrogens (tertiary/aromatic N) is 1. The highest BCUT2D eigenvalue weighted by atomic mass is 35.5. The molecule has 1 fully saturated rings. The van der Waals surface area contributed by atoms with Gasteiger partial charge in [0.15, 0.2) is 5.15 Å². The van der Waals surface area contributed by atoms with E-state index < -0.39 is 0 Å². The number of anilines is 1. The number of hydrogen-bond acceptors (Lipinski definition) is 3. The Labute approximate surface area is 95.2 Å². The van der Waals surface area contributed by atoms with Crippen molar-refractivity contribution in [2.45, 2.75) is 25.8 Å². The normalized spacial score (nSPS) is 21.3. The molecule has 15 heavy (non-hydrogen) atoms. The van der Waals surface area contributed by atoms with Gasteiger partial charge in [-0.1, -0.05) is 11.6 Å². The molecule has 1 aromatic heterocycles. The fourth-order valence-corrected chi connectivity index (χ4v) is 2.14. The predicted octanol–water partition coefficient (Wildman–Crippen LogP) is 2.21. The van der Waals surface area contributed by atoms with Crippen molar-refractivity contribution in [3.05, 3.63) is 23.0 Å². The fraction of sp³-hybridized carbons (Fsp3) is 0.545. The lowest BCUT2D eigenvalue weighted by Gasteiger charge is -2.25. The second-order valence-electron chi connectivity index (χ2n) is 3.98. The third-order valence-corrected chi connectivity index (χ3v) is 3.04. The van der Waals surface area contributed by atoms with Gasteiger partial charge in [-0.05, 0) is 37.9 Å². The van der Waals surface area contributed by atoms with Gasteiger partial charge in [0.1, 0.15) is 0 Å². The third-order valence-electron chi connectivity index (χ3n) is 2.76. The lowest BCUT2D eigenvalue weighted by Crippen LogP contribution is -2.38. The van der Waals surface area contributed by atoms with Crippen LogP contribution in [0.1, 0.15) is 18.4 Å². The van der Waals surface area contributed by atoms with E-state index in [1.807, 2.05) is 13.0 Å². The van der Waals surface area contributed by atoms with Crippen LogP contribution in [0.15, 0.2) is 12.3 Å². The van der Waals surface area contributed by atoms with E-state index >= 15 is 0 Å². The predicted molar refractivity (Wildman–Crippen MR) is 63.5 cm³/mol. The van der Waals surface area contributed by atoms with Crippen LogP contribution in [0.5, 0.6) is 0 Å². The first-order valence-corrected chi connectivity index (χ1v) is 5.73. The zero-order chi connectivity index (χ0) is 10.7. The summed E-state index contributed by atoms with van der Waals surface area (Å²) in [7, 11) is 0. The van der Waals surface area contributed by atoms with Crippen molar-refractivity contribution in [1.29, 1.82) is 0 Å². The number of halogens is 1. The fourth-order valence-electron chi connectivity index (χ4n) is 1.88. The molecule has 1 atom stereocenters. The van der Waals surface area contributed by atoms with Crippen LogP contribution in [0.4, 0.5) is 5.69 Å². The van der Waals surface area contributed by atoms with Crippen molar-refractivity contribution < 1.29 is 0 Å². The molecule has 0 spiro atoms. The monoisotopic (exact) mass is 225 g/mol. The topological polar surface area (TPSA) is 37.0 Å². The highest BCUT2D eigenvalue weighted by Gasteiger charge is 2.15. The summed E-state index contributed by atoms with van der Waals surface area (Å²) in [6.07, 6.45) is 4.15. The average molecular weight is 226 g/mol. The van der Waals surface area contributed by atoms with Gasteiger partial charge in [-0.15, -0.1) is 0 Å². The van der Waals surface area contributed by atoms with E-state index in [0.29, 0.717) is 11.2 Å². The molecule has 0 bridgehead atoms. The van der Waals surface area contributed by atoms with Gasteiger partial charge in [-0.3, -0.25) is 0 Å². The number of pyridine rings is 1. The molecular weight excluding hydrogens is 210 g/mol. The van der Waals surface area contributed by atoms with Gasteiger partial charge in [-0.25, -0.2) is 4.98 Å². The van der Waals surface area contributed by atoms with E-state index in [1.54, 1.807) is 6.20 Å². The van der Waals surface area contributed by atoms with Gasteiger partial charge in [0.2, 0.25) is 0 Å². The van der Waals surface area contributed by atoms with E-state index in [0.717, 1.165) is 24.3 Å². The van der Waals surface area contributed by atoms with Crippen LogP contribution in [-0.2, 0) is 0 Å². The van der Waals surface area contributed by atoms with Gasteiger partial charge in [0.25, 0.3) is 0 Å². The van der Waals surface area contributed by atoms with Gasteiger partial charge in [0, 0.05) is 18.8 Å². The standard InChI is InChI=1S/C11H16ClN3/c1-8-4-6-14-11(12)10(8)15-9-3-2-5-13-7-9/h4,6,9,13,15H,2-3,5,7H2,1H3. The van der Waals surface area contributed by atoms with Crippen LogP contribution < -0.4 is 10.6 Å². The molecule has 0 radical (unpaired) electrons. The maximum atomic E-state index is 6.05. The first kappa shape index (κ1) is 10.7. The largest absolute Gasteiger partial charge is 0.378 e. The van der Waals surface area contributed by atoms with E-state index in [1.165, 1.54) is 12.8 Å². The number of aromatic nitrogens is 1. The van der Waals surface area contributed by atoms with E-state index in [2.05, 4.69) is 15.6 Å². The molecule has 4 heteroatoms. The Morgan fingerprint density at radius 3 is 3.13 bits per heavy atom. The quantitative estimate of drug-likeness (QED) is 0.758. The highest BCUT2D eigenvalue weighted by molar-refractivity contribution is 6.32. The number of piperidine rings is 1. The Bertz CT molecular complexity index is 314. The minimum Gasteiger partial charge on any atom is -0.378 e. The molecule has 1 aliphatic rings. The lowest BCUT2D eigenvalue weighted by molar-refractivity contribution is 0.479. The molecule has 1 aliphatic heterocycles. The molecule has 2 rings (SSSR count). The second kappa shape index (κ2) is 4.81. The molecule has 0 saturated carbocycles. The maximum absolute atomic E-state index is 6.05. The Balaban J connectivity index is 2.09. The first-order chi connectivity index (χ1) is 7.27. The van der Waals surface area contributed by atoms with E-state index in [4.69, 9.17) is 11.6 Å². The molecule has 3 nitrogen and oxygen atoms in total. The molecule has 0 amide bonds. The summed E-state index contributed by atoms with van der Waals surface area (Å²) < 4.78 is 0. The van der Waals surface area contributed by atoms with E-state index in [9.17, 15) is 0 Å². The van der Waals surface area contributed by atoms with E-state index in [-0.39, 0.29) is 0 Å². The van der Waals surface area contributed by atoms with Gasteiger partial charge >= 0.3 is 0 Å². The van der Waals surface area contributed by atoms with Crippen molar-refractivity contribution in [2.24, 2.45) is 0 Å². The number of aryl methyl sites for hydroxylation is 1. The van der Waals surface area contributed by atoms with Crippen LogP contribution in [0.2, 0.25) is 5.15 Å². The molecule has 1 unspecified atom stereocenters. The van der Waals surface area contributed by atoms with Crippen LogP contribution in [-0.4, -0.2) is 24.1 Å². The van der Waals surface area contributed by atoms with Gasteiger partial charge in [0.05, 0.1) is 5.69 Å². The summed E-state index contributed by atoms with van der Waals surface area (Å²) in [5.74, 6) is 0. The Morgan fingerprint density at radius 1 is 1.60 bits per heavy atom. The molecule has 0 aliphatic carbocycles. The van der Waals surface area contributed by atoms with Crippen LogP contribution in [0.25, 0.3) is 0 Å². The minimum absolute atomic E-state index is 0.471. The van der Waals surface area contributed by atoms with Crippen LogP contribution >= 0.6 is 11.6 Å². The molecule has 2 N–H and O–H groups in total. The van der Waals surface area contributed by atoms with Gasteiger partial charge in [-0.2, -0.15) is 0 Å². The Kier molecular flexibility index (Phi) is 3.44. The number of rotatable bonds is 2. The smallest absolute Gasteiger partial charge is 0.152 e. The number of nitrogens with one attached hydrogen (secondary N) is 2. The highest BCUT2D eigenvalue weighted by Crippen LogP contribution is 2.24. The second-order valence-corrected chi connectivity index (χ2v) is 4.34. The summed E-state index contributed by atoms with van der Waals surface area (Å²) in [5.41, 5.74) is 2.13. The molecule has 1 aromatic rings. The first-order valence-electron chi connectivity index (χ1n) is 5.36. The van der Waals surface area contributed by atoms with Crippen molar-refractivity contribution in [3.63, 3.8) is 0 Å². The maximum Gasteiger partial charge on any atom is 0.152 e. The lowest BCUT2D eigenvalue weighted by atomic mass is 10.1. The summed E-state index contributed by atoms with van der Waals surface area (Å²) in [6, 6.07) is 2.45. The minimum atomic E-state index is 0.471. The number of hydrogen-bond donors (Lipinski definition) is 2. The molecular formula is C11H16ClN3. The van der Waals surface area contributed by atoms with Crippen molar-refractivity contribution in [1.82, 2.24) is 10.3 Å². The Hall–Kier alpha value is -0.800. The third kappa shape index (κ3) is 2.61. The van der Waals surface area contributed by atoms with Crippen molar-refractivity contribution in [3.8, 4) is 0 Å². The molecule has 1 saturated heterocycles. The van der Waals surface area contributed by atoms with Crippen LogP contribution in [0, 0.1) is 6.92 Å². The molecule has 2 heterocycles. The van der Waals surface area contributed by atoms with Crippen molar-refractivity contribution >= 4 is 17.3 Å². The van der Waals surface area contributed by atoms with Gasteiger partial charge < -0.3 is 10.6 Å². The van der Waals surface area contributed by atoms with Crippen molar-refractivity contribution in [2.75, 3.05) is 18.4 Å². The summed E-state index contributed by atoms with van der Waals surface area (Å²) in [4.78, 5) is 4.09. The Morgan fingerprint density at radius 2 is 2.47 bits per heavy atom. The summed E-state index contributed by atoms with van der Waals surface area (Å²) >= 11 is 6.05.